The van der Waals surface area contributed by atoms with Gasteiger partial charge in [0.25, 0.3) is 0 Å². The van der Waals surface area contributed by atoms with Crippen LogP contribution in [0, 0.1) is 11.6 Å². The molecule has 1 aromatic rings. The second-order valence-corrected chi connectivity index (χ2v) is 2.67. The summed E-state index contributed by atoms with van der Waals surface area (Å²) in [5, 5.41) is 0. The van der Waals surface area contributed by atoms with Gasteiger partial charge in [-0.15, -0.1) is 0 Å². The van der Waals surface area contributed by atoms with Crippen molar-refractivity contribution < 1.29 is 23.0 Å². The van der Waals surface area contributed by atoms with Crippen molar-refractivity contribution in [1.29, 1.82) is 0 Å². The SMILES string of the molecule is CCOc1ccc(OCOC)c(F)c1F. The fourth-order valence-corrected chi connectivity index (χ4v) is 1.01. The van der Waals surface area contributed by atoms with E-state index in [0.717, 1.165) is 0 Å². The molecule has 0 radical (unpaired) electrons. The van der Waals surface area contributed by atoms with Crippen LogP contribution in [0.3, 0.4) is 0 Å². The van der Waals surface area contributed by atoms with Crippen LogP contribution < -0.4 is 9.47 Å². The lowest BCUT2D eigenvalue weighted by Gasteiger charge is -2.09. The third-order valence-electron chi connectivity index (χ3n) is 1.64. The molecule has 0 heterocycles. The summed E-state index contributed by atoms with van der Waals surface area (Å²) in [5.74, 6) is -2.44. The maximum absolute atomic E-state index is 13.3. The zero-order valence-electron chi connectivity index (χ0n) is 8.55. The Bertz CT molecular complexity index is 329. The lowest BCUT2D eigenvalue weighted by molar-refractivity contribution is 0.0476. The minimum absolute atomic E-state index is 0.125. The molecule has 1 aromatic carbocycles. The van der Waals surface area contributed by atoms with E-state index in [1.807, 2.05) is 0 Å². The molecule has 0 atom stereocenters. The van der Waals surface area contributed by atoms with Crippen LogP contribution in [0.4, 0.5) is 8.78 Å². The average molecular weight is 218 g/mol. The molecule has 0 saturated carbocycles. The normalized spacial score (nSPS) is 10.1. The van der Waals surface area contributed by atoms with Crippen LogP contribution in [0.15, 0.2) is 12.1 Å². The van der Waals surface area contributed by atoms with Crippen molar-refractivity contribution in [3.05, 3.63) is 23.8 Å². The molecule has 0 saturated heterocycles. The maximum Gasteiger partial charge on any atom is 0.204 e. The Morgan fingerprint density at radius 2 is 1.60 bits per heavy atom. The van der Waals surface area contributed by atoms with E-state index in [1.54, 1.807) is 6.92 Å². The zero-order valence-corrected chi connectivity index (χ0v) is 8.55. The largest absolute Gasteiger partial charge is 0.491 e. The van der Waals surface area contributed by atoms with E-state index in [2.05, 4.69) is 4.74 Å². The second-order valence-electron chi connectivity index (χ2n) is 2.67. The topological polar surface area (TPSA) is 27.7 Å². The Labute approximate surface area is 86.6 Å². The van der Waals surface area contributed by atoms with Gasteiger partial charge in [0.1, 0.15) is 0 Å². The van der Waals surface area contributed by atoms with Crippen molar-refractivity contribution in [3.8, 4) is 11.5 Å². The van der Waals surface area contributed by atoms with E-state index in [0.29, 0.717) is 0 Å². The summed E-state index contributed by atoms with van der Waals surface area (Å²) in [6.45, 7) is 1.83. The Kier molecular flexibility index (Phi) is 4.30. The quantitative estimate of drug-likeness (QED) is 0.710. The molecule has 0 aliphatic rings. The number of methoxy groups -OCH3 is 1. The molecule has 0 N–H and O–H groups in total. The monoisotopic (exact) mass is 218 g/mol. The summed E-state index contributed by atoms with van der Waals surface area (Å²) in [6.07, 6.45) is 0. The van der Waals surface area contributed by atoms with E-state index < -0.39 is 11.6 Å². The highest BCUT2D eigenvalue weighted by Crippen LogP contribution is 2.27. The van der Waals surface area contributed by atoms with E-state index in [1.165, 1.54) is 19.2 Å². The van der Waals surface area contributed by atoms with Crippen molar-refractivity contribution in [2.24, 2.45) is 0 Å². The van der Waals surface area contributed by atoms with E-state index in [-0.39, 0.29) is 24.9 Å². The van der Waals surface area contributed by atoms with Gasteiger partial charge >= 0.3 is 0 Å². The third kappa shape index (κ3) is 2.79. The lowest BCUT2D eigenvalue weighted by Crippen LogP contribution is -2.03. The fourth-order valence-electron chi connectivity index (χ4n) is 1.01. The Hall–Kier alpha value is -1.36. The fraction of sp³-hybridized carbons (Fsp3) is 0.400. The van der Waals surface area contributed by atoms with Crippen molar-refractivity contribution in [2.45, 2.75) is 6.92 Å². The number of hydrogen-bond donors (Lipinski definition) is 0. The van der Waals surface area contributed by atoms with Gasteiger partial charge in [-0.3, -0.25) is 0 Å². The number of benzene rings is 1. The predicted octanol–water partition coefficient (Wildman–Crippen LogP) is 2.35. The first-order valence-corrected chi connectivity index (χ1v) is 4.43. The van der Waals surface area contributed by atoms with Crippen LogP contribution in [-0.4, -0.2) is 20.5 Å². The molecule has 1 rings (SSSR count). The van der Waals surface area contributed by atoms with Crippen LogP contribution in [0.5, 0.6) is 11.5 Å². The Balaban J connectivity index is 2.88. The summed E-state index contributed by atoms with van der Waals surface area (Å²) in [4.78, 5) is 0. The summed E-state index contributed by atoms with van der Waals surface area (Å²) in [5.41, 5.74) is 0. The van der Waals surface area contributed by atoms with Gasteiger partial charge < -0.3 is 14.2 Å². The van der Waals surface area contributed by atoms with Crippen LogP contribution >= 0.6 is 0 Å². The highest BCUT2D eigenvalue weighted by molar-refractivity contribution is 5.34. The minimum atomic E-state index is -1.07. The smallest absolute Gasteiger partial charge is 0.204 e. The second kappa shape index (κ2) is 5.50. The van der Waals surface area contributed by atoms with Crippen molar-refractivity contribution in [3.63, 3.8) is 0 Å². The summed E-state index contributed by atoms with van der Waals surface area (Å²) >= 11 is 0. The lowest BCUT2D eigenvalue weighted by atomic mass is 10.3. The zero-order chi connectivity index (χ0) is 11.3. The van der Waals surface area contributed by atoms with E-state index >= 15 is 0 Å². The molecule has 15 heavy (non-hydrogen) atoms. The van der Waals surface area contributed by atoms with Crippen molar-refractivity contribution >= 4 is 0 Å². The summed E-state index contributed by atoms with van der Waals surface area (Å²) < 4.78 is 40.8. The first kappa shape index (κ1) is 11.7. The van der Waals surface area contributed by atoms with Gasteiger partial charge in [-0.05, 0) is 19.1 Å². The molecular weight excluding hydrogens is 206 g/mol. The van der Waals surface area contributed by atoms with Gasteiger partial charge in [0, 0.05) is 7.11 Å². The van der Waals surface area contributed by atoms with Crippen LogP contribution in [0.1, 0.15) is 6.92 Å². The molecule has 0 aliphatic carbocycles. The first-order chi connectivity index (χ1) is 7.20. The minimum Gasteiger partial charge on any atom is -0.491 e. The van der Waals surface area contributed by atoms with Gasteiger partial charge in [-0.1, -0.05) is 0 Å². The van der Waals surface area contributed by atoms with E-state index in [4.69, 9.17) is 9.47 Å². The molecule has 0 aliphatic heterocycles. The van der Waals surface area contributed by atoms with Crippen LogP contribution in [0.25, 0.3) is 0 Å². The predicted molar refractivity (Wildman–Crippen MR) is 50.0 cm³/mol. The van der Waals surface area contributed by atoms with Crippen LogP contribution in [-0.2, 0) is 4.74 Å². The molecule has 0 spiro atoms. The molecule has 0 unspecified atom stereocenters. The third-order valence-corrected chi connectivity index (χ3v) is 1.64. The molecule has 0 amide bonds. The van der Waals surface area contributed by atoms with Crippen molar-refractivity contribution in [1.82, 2.24) is 0 Å². The molecular formula is C10H12F2O3. The Morgan fingerprint density at radius 3 is 2.07 bits per heavy atom. The van der Waals surface area contributed by atoms with Gasteiger partial charge in [-0.2, -0.15) is 8.78 Å². The summed E-state index contributed by atoms with van der Waals surface area (Å²) in [6, 6.07) is 2.61. The number of halogens is 2. The van der Waals surface area contributed by atoms with Gasteiger partial charge in [0.2, 0.25) is 11.6 Å². The highest BCUT2D eigenvalue weighted by atomic mass is 19.2. The summed E-state index contributed by atoms with van der Waals surface area (Å²) in [7, 11) is 1.39. The maximum atomic E-state index is 13.3. The Morgan fingerprint density at radius 1 is 1.07 bits per heavy atom. The van der Waals surface area contributed by atoms with Gasteiger partial charge in [-0.25, -0.2) is 0 Å². The molecule has 0 aromatic heterocycles. The molecule has 0 fully saturated rings. The number of hydrogen-bond acceptors (Lipinski definition) is 3. The van der Waals surface area contributed by atoms with Gasteiger partial charge in [0.15, 0.2) is 18.3 Å². The molecule has 0 bridgehead atoms. The average Bonchev–Trinajstić information content (AvgIpc) is 2.24. The highest BCUT2D eigenvalue weighted by Gasteiger charge is 2.15. The first-order valence-electron chi connectivity index (χ1n) is 4.43. The molecule has 3 nitrogen and oxygen atoms in total. The van der Waals surface area contributed by atoms with E-state index in [9.17, 15) is 8.78 Å². The number of rotatable bonds is 5. The molecule has 5 heteroatoms. The molecule has 84 valence electrons. The number of ether oxygens (including phenoxy) is 3. The van der Waals surface area contributed by atoms with Crippen LogP contribution in [0.2, 0.25) is 0 Å². The standard InChI is InChI=1S/C10H12F2O3/c1-3-14-7-4-5-8(15-6-13-2)10(12)9(7)11/h4-5H,3,6H2,1-2H3. The van der Waals surface area contributed by atoms with Gasteiger partial charge in [0.05, 0.1) is 6.61 Å². The van der Waals surface area contributed by atoms with Crippen molar-refractivity contribution in [2.75, 3.05) is 20.5 Å².